The monoisotopic (exact) mass is 450 g/mol. The zero-order valence-corrected chi connectivity index (χ0v) is 17.1. The average molecular weight is 449 g/mol. The van der Waals surface area contributed by atoms with Crippen LogP contribution in [-0.2, 0) is 23.7 Å². The molecule has 0 radical (unpaired) electrons. The molecule has 6 nitrogen and oxygen atoms in total. The summed E-state index contributed by atoms with van der Waals surface area (Å²) in [6.07, 6.45) is -3.38. The second-order valence-corrected chi connectivity index (χ2v) is 9.17. The number of hydrogen-bond donors (Lipinski definition) is 1. The Morgan fingerprint density at radius 3 is 2.43 bits per heavy atom. The summed E-state index contributed by atoms with van der Waals surface area (Å²) in [5.74, 6) is -0.456. The van der Waals surface area contributed by atoms with E-state index in [-0.39, 0.29) is 15.0 Å². The summed E-state index contributed by atoms with van der Waals surface area (Å²) in [5, 5.41) is 10.5. The first kappa shape index (κ1) is 19.6. The van der Waals surface area contributed by atoms with Crippen LogP contribution in [0.2, 0.25) is 0 Å². The van der Waals surface area contributed by atoms with Crippen molar-refractivity contribution in [1.29, 1.82) is 0 Å². The summed E-state index contributed by atoms with van der Waals surface area (Å²) in [4.78, 5) is 11.7. The number of carbonyl (C=O) groups excluding carboxylic acids is 1. The predicted molar refractivity (Wildman–Crippen MR) is 102 cm³/mol. The Hall–Kier alpha value is -1.73. The molecule has 2 fully saturated rings. The Morgan fingerprint density at radius 1 is 1.07 bits per heavy atom. The number of carbonyl (C=O) groups is 1. The molecule has 0 bridgehead atoms. The number of aliphatic hydroxyl groups excluding tert-OH is 1. The molecule has 0 spiro atoms. The number of fused-ring (bicyclic) bond motifs is 1. The van der Waals surface area contributed by atoms with Crippen LogP contribution in [-0.4, -0.2) is 62.1 Å². The van der Waals surface area contributed by atoms with Crippen LogP contribution in [0.25, 0.3) is 0 Å². The van der Waals surface area contributed by atoms with Gasteiger partial charge in [0, 0.05) is 0 Å². The SMILES string of the molecule is CC(=O)O[C@@H]1[C@@H](O)[C@H]([Se]c2ccccc2)O[C@@H]2COC(c3ccccc3)O[C@@H]12. The van der Waals surface area contributed by atoms with Gasteiger partial charge in [0.1, 0.15) is 0 Å². The first-order valence-electron chi connectivity index (χ1n) is 9.16. The fourth-order valence-electron chi connectivity index (χ4n) is 3.40. The van der Waals surface area contributed by atoms with Gasteiger partial charge in [0.2, 0.25) is 0 Å². The Kier molecular flexibility index (Phi) is 6.11. The third-order valence-electron chi connectivity index (χ3n) is 4.68. The van der Waals surface area contributed by atoms with Crippen molar-refractivity contribution >= 4 is 25.4 Å². The Balaban J connectivity index is 1.54. The molecule has 2 saturated heterocycles. The molecular weight excluding hydrogens is 427 g/mol. The molecule has 1 unspecified atom stereocenters. The van der Waals surface area contributed by atoms with Crippen LogP contribution in [0.15, 0.2) is 60.7 Å². The molecule has 1 N–H and O–H groups in total. The van der Waals surface area contributed by atoms with Gasteiger partial charge < -0.3 is 0 Å². The summed E-state index contributed by atoms with van der Waals surface area (Å²) < 4.78 is 24.7. The number of rotatable bonds is 4. The van der Waals surface area contributed by atoms with Gasteiger partial charge in [-0.3, -0.25) is 0 Å². The van der Waals surface area contributed by atoms with E-state index in [9.17, 15) is 9.90 Å². The minimum absolute atomic E-state index is 0.152. The third-order valence-corrected chi connectivity index (χ3v) is 7.12. The molecular formula is C21H22O6Se. The topological polar surface area (TPSA) is 74.2 Å². The zero-order chi connectivity index (χ0) is 19.5. The van der Waals surface area contributed by atoms with Gasteiger partial charge in [0.25, 0.3) is 0 Å². The minimum atomic E-state index is -0.972. The van der Waals surface area contributed by atoms with Crippen LogP contribution in [0.5, 0.6) is 0 Å². The zero-order valence-electron chi connectivity index (χ0n) is 15.3. The molecule has 0 saturated carbocycles. The second kappa shape index (κ2) is 8.74. The summed E-state index contributed by atoms with van der Waals surface area (Å²) in [6.45, 7) is 1.64. The van der Waals surface area contributed by atoms with Crippen molar-refractivity contribution in [2.75, 3.05) is 6.61 Å². The fourth-order valence-corrected chi connectivity index (χ4v) is 5.65. The fraction of sp³-hybridized carbons (Fsp3) is 0.381. The van der Waals surface area contributed by atoms with E-state index < -0.39 is 41.7 Å². The molecule has 2 aromatic carbocycles. The molecule has 2 aliphatic heterocycles. The molecule has 0 aliphatic carbocycles. The molecule has 4 rings (SSSR count). The Labute approximate surface area is 169 Å². The summed E-state index contributed by atoms with van der Waals surface area (Å²) >= 11 is -0.152. The molecule has 2 aromatic rings. The van der Waals surface area contributed by atoms with E-state index in [0.717, 1.165) is 10.0 Å². The van der Waals surface area contributed by atoms with E-state index in [1.54, 1.807) is 0 Å². The van der Waals surface area contributed by atoms with Gasteiger partial charge in [0.15, 0.2) is 0 Å². The maximum absolute atomic E-state index is 11.7. The first-order valence-corrected chi connectivity index (χ1v) is 11.0. The molecule has 28 heavy (non-hydrogen) atoms. The summed E-state index contributed by atoms with van der Waals surface area (Å²) in [7, 11) is 0. The molecule has 6 atom stereocenters. The van der Waals surface area contributed by atoms with Crippen LogP contribution in [0.3, 0.4) is 0 Å². The van der Waals surface area contributed by atoms with Crippen LogP contribution in [0, 0.1) is 0 Å². The third kappa shape index (κ3) is 4.30. The van der Waals surface area contributed by atoms with E-state index in [1.807, 2.05) is 60.7 Å². The summed E-state index contributed by atoms with van der Waals surface area (Å²) in [6, 6.07) is 19.4. The number of hydrogen-bond acceptors (Lipinski definition) is 6. The predicted octanol–water partition coefficient (Wildman–Crippen LogP) is 1.15. The Morgan fingerprint density at radius 2 is 1.75 bits per heavy atom. The van der Waals surface area contributed by atoms with Crippen molar-refractivity contribution in [2.24, 2.45) is 0 Å². The van der Waals surface area contributed by atoms with Gasteiger partial charge >= 0.3 is 170 Å². The molecule has 148 valence electrons. The van der Waals surface area contributed by atoms with E-state index >= 15 is 0 Å². The maximum atomic E-state index is 11.7. The van der Waals surface area contributed by atoms with Crippen LogP contribution >= 0.6 is 0 Å². The van der Waals surface area contributed by atoms with Crippen molar-refractivity contribution in [2.45, 2.75) is 42.6 Å². The molecule has 7 heteroatoms. The van der Waals surface area contributed by atoms with Gasteiger partial charge in [0.05, 0.1) is 0 Å². The van der Waals surface area contributed by atoms with Gasteiger partial charge in [-0.25, -0.2) is 0 Å². The number of benzene rings is 2. The van der Waals surface area contributed by atoms with Crippen molar-refractivity contribution in [3.8, 4) is 0 Å². The van der Waals surface area contributed by atoms with Crippen molar-refractivity contribution in [1.82, 2.24) is 0 Å². The number of ether oxygens (including phenoxy) is 4. The molecule has 0 aromatic heterocycles. The number of aliphatic hydroxyl groups is 1. The normalized spacial score (nSPS) is 32.4. The molecule has 2 aliphatic rings. The van der Waals surface area contributed by atoms with E-state index in [0.29, 0.717) is 6.61 Å². The Bertz CT molecular complexity index is 786. The van der Waals surface area contributed by atoms with Gasteiger partial charge in [-0.1, -0.05) is 0 Å². The second-order valence-electron chi connectivity index (χ2n) is 6.72. The standard InChI is InChI=1S/C21H22O6Se/c1-13(22)25-19-17(23)21(28-15-10-6-3-7-11-15)26-16-12-24-20(27-18(16)19)14-8-4-2-5-9-14/h2-11,16-21,23H,12H2,1H3/t16-,17-,18-,19-,20?,21+/m1/s1. The first-order chi connectivity index (χ1) is 13.6. The van der Waals surface area contributed by atoms with Crippen LogP contribution in [0.1, 0.15) is 18.8 Å². The molecule has 2 heterocycles. The van der Waals surface area contributed by atoms with Crippen molar-refractivity contribution in [3.63, 3.8) is 0 Å². The quantitative estimate of drug-likeness (QED) is 0.558. The van der Waals surface area contributed by atoms with Crippen molar-refractivity contribution < 1.29 is 28.8 Å². The van der Waals surface area contributed by atoms with Gasteiger partial charge in [-0.15, -0.1) is 0 Å². The average Bonchev–Trinajstić information content (AvgIpc) is 2.72. The van der Waals surface area contributed by atoms with Gasteiger partial charge in [-0.2, -0.15) is 0 Å². The van der Waals surface area contributed by atoms with Crippen LogP contribution < -0.4 is 4.46 Å². The summed E-state index contributed by atoms with van der Waals surface area (Å²) in [5.41, 5.74) is 0.868. The van der Waals surface area contributed by atoms with E-state index in [4.69, 9.17) is 18.9 Å². The van der Waals surface area contributed by atoms with Gasteiger partial charge in [-0.05, 0) is 0 Å². The molecule has 0 amide bonds. The van der Waals surface area contributed by atoms with E-state index in [2.05, 4.69) is 0 Å². The van der Waals surface area contributed by atoms with E-state index in [1.165, 1.54) is 6.92 Å². The number of esters is 1. The van der Waals surface area contributed by atoms with Crippen molar-refractivity contribution in [3.05, 3.63) is 66.2 Å². The van der Waals surface area contributed by atoms with Crippen LogP contribution in [0.4, 0.5) is 0 Å².